The van der Waals surface area contributed by atoms with Gasteiger partial charge in [-0.1, -0.05) is 38.0 Å². The Bertz CT molecular complexity index is 2100. The lowest BCUT2D eigenvalue weighted by atomic mass is 9.85. The predicted molar refractivity (Wildman–Crippen MR) is 207 cm³/mol. The first-order valence-corrected chi connectivity index (χ1v) is 21.4. The Balaban J connectivity index is 1.26. The maximum absolute atomic E-state index is 16.8. The highest BCUT2D eigenvalue weighted by atomic mass is 32.2. The Morgan fingerprint density at radius 2 is 1.88 bits per heavy atom. The van der Waals surface area contributed by atoms with Gasteiger partial charge >= 0.3 is 6.09 Å². The molecule has 4 heterocycles. The van der Waals surface area contributed by atoms with Crippen LogP contribution >= 0.6 is 0 Å². The number of pyridine rings is 1. The molecule has 1 saturated heterocycles. The highest BCUT2D eigenvalue weighted by Gasteiger charge is 2.64. The van der Waals surface area contributed by atoms with Crippen LogP contribution in [0.3, 0.4) is 0 Å². The maximum atomic E-state index is 16.8. The number of carbonyl (C=O) groups is 4. The Morgan fingerprint density at radius 3 is 2.57 bits per heavy atom. The maximum Gasteiger partial charge on any atom is 0.408 e. The number of amides is 4. The summed E-state index contributed by atoms with van der Waals surface area (Å²) >= 11 is 0. The Kier molecular flexibility index (Phi) is 10.2. The van der Waals surface area contributed by atoms with Gasteiger partial charge < -0.3 is 25.0 Å². The molecule has 0 bridgehead atoms. The summed E-state index contributed by atoms with van der Waals surface area (Å²) in [5.74, 6) is -2.32. The fourth-order valence-corrected chi connectivity index (χ4v) is 9.76. The Labute approximate surface area is 328 Å². The molecule has 1 aromatic carbocycles. The van der Waals surface area contributed by atoms with Gasteiger partial charge in [-0.25, -0.2) is 22.6 Å². The summed E-state index contributed by atoms with van der Waals surface area (Å²) < 4.78 is 56.7. The number of ether oxygens (including phenoxy) is 2. The zero-order valence-corrected chi connectivity index (χ0v) is 33.9. The Morgan fingerprint density at radius 1 is 1.12 bits per heavy atom. The predicted octanol–water partition coefficient (Wildman–Crippen LogP) is 5.53. The molecule has 0 radical (unpaired) electrons. The summed E-state index contributed by atoms with van der Waals surface area (Å²) in [6.45, 7) is 10.3. The van der Waals surface area contributed by atoms with Crippen molar-refractivity contribution in [3.05, 3.63) is 47.2 Å². The monoisotopic (exact) mass is 795 g/mol. The molecule has 1 unspecified atom stereocenters. The van der Waals surface area contributed by atoms with E-state index >= 15 is 4.39 Å². The molecule has 1 spiro atoms. The molecule has 304 valence electrons. The molecular weight excluding hydrogens is 742 g/mol. The lowest BCUT2D eigenvalue weighted by Gasteiger charge is -2.38. The summed E-state index contributed by atoms with van der Waals surface area (Å²) in [7, 11) is -4.03. The second-order valence-electron chi connectivity index (χ2n) is 17.7. The van der Waals surface area contributed by atoms with Crippen LogP contribution in [-0.2, 0) is 35.6 Å². The molecule has 15 heteroatoms. The first kappa shape index (κ1) is 39.9. The number of allylic oxidation sites excluding steroid dienone is 1. The van der Waals surface area contributed by atoms with Crippen molar-refractivity contribution in [2.75, 3.05) is 6.54 Å². The first-order valence-electron chi connectivity index (χ1n) is 19.9. The molecule has 2 saturated carbocycles. The van der Waals surface area contributed by atoms with Crippen molar-refractivity contribution in [1.82, 2.24) is 25.2 Å². The van der Waals surface area contributed by atoms with Crippen LogP contribution in [0, 0.1) is 12.8 Å². The van der Waals surface area contributed by atoms with Gasteiger partial charge in [0.2, 0.25) is 21.8 Å². The van der Waals surface area contributed by atoms with Crippen LogP contribution in [0.4, 0.5) is 9.18 Å². The van der Waals surface area contributed by atoms with Crippen LogP contribution in [0.15, 0.2) is 30.4 Å². The number of nitrogens with zero attached hydrogens (tertiary/aromatic N) is 2. The molecule has 13 nitrogen and oxygen atoms in total. The van der Waals surface area contributed by atoms with Gasteiger partial charge in [-0.2, -0.15) is 0 Å². The summed E-state index contributed by atoms with van der Waals surface area (Å²) in [6.07, 6.45) is 5.91. The van der Waals surface area contributed by atoms with Crippen LogP contribution < -0.4 is 20.1 Å². The van der Waals surface area contributed by atoms with E-state index in [0.717, 1.165) is 24.8 Å². The first-order chi connectivity index (χ1) is 26.3. The minimum Gasteiger partial charge on any atom is -0.483 e. The van der Waals surface area contributed by atoms with Crippen molar-refractivity contribution in [2.24, 2.45) is 5.92 Å². The van der Waals surface area contributed by atoms with E-state index in [1.165, 1.54) is 4.90 Å². The van der Waals surface area contributed by atoms with Gasteiger partial charge in [-0.05, 0) is 97.3 Å². The molecular formula is C41H54FN5O8S. The third kappa shape index (κ3) is 7.59. The van der Waals surface area contributed by atoms with Gasteiger partial charge in [0.05, 0.1) is 22.5 Å². The van der Waals surface area contributed by atoms with Crippen LogP contribution in [0.1, 0.15) is 122 Å². The number of alkyl halides is 1. The average Bonchev–Trinajstić information content (AvgIpc) is 4.01. The number of halogens is 1. The minimum absolute atomic E-state index is 0.120. The number of hydrogen-bond donors (Lipinski definition) is 3. The Hall–Kier alpha value is -4.27. The standard InChI is InChI=1S/C41H54FN5O8S/c1-7-25-15-16-29-27(19-25)32-28(42)21-40(54-33(32)24(2)43-29)22-31-34(48)45-41(36(50)46-56(52,53)39(6)17-18-39)20-26(41)13-11-9-8-10-12-14-30(35(49)47(31)23-40)44-37(51)55-38(3,4)5/h11,13,15-16,19,26,28,30-31H,7-10,12,14,17-18,20-23H2,1-6H3,(H,44,51)(H,45,48)(H,46,50)/b13-11-/t26-,28?,30+,31+,40-,41-/m1/s1. The zero-order valence-electron chi connectivity index (χ0n) is 33.1. The van der Waals surface area contributed by atoms with Gasteiger partial charge in [0.1, 0.15) is 40.7 Å². The van der Waals surface area contributed by atoms with E-state index in [4.69, 9.17) is 14.5 Å². The number of sulfonamides is 1. The summed E-state index contributed by atoms with van der Waals surface area (Å²) in [5.41, 5.74) is -1.28. The van der Waals surface area contributed by atoms with Crippen molar-refractivity contribution in [3.63, 3.8) is 0 Å². The molecule has 56 heavy (non-hydrogen) atoms. The number of carbonyl (C=O) groups excluding carboxylic acids is 4. The van der Waals surface area contributed by atoms with Gasteiger partial charge in [0.15, 0.2) is 0 Å². The van der Waals surface area contributed by atoms with Crippen LogP contribution in [-0.4, -0.2) is 82.2 Å². The molecule has 7 rings (SSSR count). The SMILES string of the molecule is CCc1ccc2nc(C)c3c(c2c1)C(F)C[C@]1(C[C@H]2C(=O)N[C@]4(C(=O)NS(=O)(=O)C5(C)CC5)C[C@H]4/C=C\CCCCC[C@H](NC(=O)OC(C)(C)C)C(=O)N2C1)O3. The number of aromatic nitrogens is 1. The number of benzene rings is 1. The third-order valence-electron chi connectivity index (χ3n) is 12.1. The van der Waals surface area contributed by atoms with E-state index in [1.807, 2.05) is 37.3 Å². The van der Waals surface area contributed by atoms with Crippen molar-refractivity contribution >= 4 is 44.7 Å². The molecule has 2 aliphatic carbocycles. The van der Waals surface area contributed by atoms with Crippen LogP contribution in [0.5, 0.6) is 5.75 Å². The third-order valence-corrected chi connectivity index (χ3v) is 14.3. The molecule has 6 atom stereocenters. The molecule has 3 N–H and O–H groups in total. The number of nitrogens with one attached hydrogen (secondary N) is 3. The van der Waals surface area contributed by atoms with Crippen molar-refractivity contribution < 1.29 is 41.5 Å². The van der Waals surface area contributed by atoms with Crippen LogP contribution in [0.25, 0.3) is 10.9 Å². The van der Waals surface area contributed by atoms with Crippen molar-refractivity contribution in [2.45, 2.75) is 152 Å². The minimum atomic E-state index is -4.03. The topological polar surface area (TPSA) is 173 Å². The van der Waals surface area contributed by atoms with E-state index in [9.17, 15) is 27.6 Å². The molecule has 5 aliphatic rings. The fourth-order valence-electron chi connectivity index (χ4n) is 8.45. The quantitative estimate of drug-likeness (QED) is 0.329. The highest BCUT2D eigenvalue weighted by molar-refractivity contribution is 7.91. The van der Waals surface area contributed by atoms with Gasteiger partial charge in [-0.15, -0.1) is 0 Å². The van der Waals surface area contributed by atoms with E-state index in [2.05, 4.69) is 15.4 Å². The largest absolute Gasteiger partial charge is 0.483 e. The normalized spacial score (nSPS) is 30.7. The van der Waals surface area contributed by atoms with E-state index in [0.29, 0.717) is 47.8 Å². The molecule has 3 aliphatic heterocycles. The number of rotatable bonds is 5. The van der Waals surface area contributed by atoms with Crippen LogP contribution in [0.2, 0.25) is 0 Å². The van der Waals surface area contributed by atoms with Gasteiger partial charge in [-0.3, -0.25) is 19.1 Å². The molecule has 1 aromatic heterocycles. The summed E-state index contributed by atoms with van der Waals surface area (Å²) in [4.78, 5) is 62.5. The number of hydrogen-bond acceptors (Lipinski definition) is 9. The fraction of sp³-hybridized carbons (Fsp3) is 0.634. The number of fused-ring (bicyclic) bond motifs is 5. The smallest absolute Gasteiger partial charge is 0.408 e. The van der Waals surface area contributed by atoms with Crippen molar-refractivity contribution in [3.8, 4) is 5.75 Å². The number of alkyl carbamates (subject to hydrolysis) is 1. The van der Waals surface area contributed by atoms with Crippen molar-refractivity contribution in [1.29, 1.82) is 0 Å². The second-order valence-corrected chi connectivity index (χ2v) is 19.9. The van der Waals surface area contributed by atoms with E-state index in [1.54, 1.807) is 34.6 Å². The molecule has 3 fully saturated rings. The lowest BCUT2D eigenvalue weighted by molar-refractivity contribution is -0.141. The highest BCUT2D eigenvalue weighted by Crippen LogP contribution is 2.51. The average molecular weight is 796 g/mol. The second kappa shape index (κ2) is 14.3. The zero-order chi connectivity index (χ0) is 40.4. The summed E-state index contributed by atoms with van der Waals surface area (Å²) in [6, 6.07) is 3.42. The van der Waals surface area contributed by atoms with E-state index in [-0.39, 0.29) is 38.0 Å². The van der Waals surface area contributed by atoms with E-state index < -0.39 is 79.5 Å². The number of aryl methyl sites for hydroxylation is 2. The van der Waals surface area contributed by atoms with Gasteiger partial charge in [0, 0.05) is 29.7 Å². The summed E-state index contributed by atoms with van der Waals surface area (Å²) in [5, 5.41) is 6.26. The molecule has 2 aromatic rings. The molecule has 4 amide bonds. The lowest BCUT2D eigenvalue weighted by Crippen LogP contribution is -2.58. The van der Waals surface area contributed by atoms with Gasteiger partial charge in [0.25, 0.3) is 5.91 Å².